The van der Waals surface area contributed by atoms with Crippen LogP contribution in [0.4, 0.5) is 5.69 Å². The maximum Gasteiger partial charge on any atom is 0.335 e. The fraction of sp³-hybridized carbons (Fsp3) is 0.385. The van der Waals surface area contributed by atoms with E-state index in [0.717, 1.165) is 12.0 Å². The van der Waals surface area contributed by atoms with Crippen molar-refractivity contribution in [2.24, 2.45) is 0 Å². The topological polar surface area (TPSA) is 70.6 Å². The molecule has 0 radical (unpaired) electrons. The highest BCUT2D eigenvalue weighted by atomic mass is 32.1. The minimum Gasteiger partial charge on any atom is -0.478 e. The lowest BCUT2D eigenvalue weighted by molar-refractivity contribution is 0.0697. The molecule has 0 bridgehead atoms. The normalized spacial score (nSPS) is 10.0. The Balaban J connectivity index is 2.58. The van der Waals surface area contributed by atoms with Gasteiger partial charge in [0.15, 0.2) is 5.11 Å². The van der Waals surface area contributed by atoms with E-state index in [9.17, 15) is 4.79 Å². The molecule has 3 N–H and O–H groups in total. The van der Waals surface area contributed by atoms with E-state index < -0.39 is 5.97 Å². The van der Waals surface area contributed by atoms with Crippen LogP contribution in [-0.2, 0) is 4.74 Å². The maximum atomic E-state index is 10.9. The van der Waals surface area contributed by atoms with Crippen molar-refractivity contribution in [2.75, 3.05) is 25.6 Å². The van der Waals surface area contributed by atoms with E-state index in [-0.39, 0.29) is 5.56 Å². The Morgan fingerprint density at radius 1 is 1.47 bits per heavy atom. The van der Waals surface area contributed by atoms with E-state index in [1.807, 2.05) is 6.92 Å². The van der Waals surface area contributed by atoms with Gasteiger partial charge in [-0.2, -0.15) is 0 Å². The minimum absolute atomic E-state index is 0.232. The Morgan fingerprint density at radius 2 is 2.21 bits per heavy atom. The van der Waals surface area contributed by atoms with Gasteiger partial charge in [-0.15, -0.1) is 0 Å². The van der Waals surface area contributed by atoms with Crippen molar-refractivity contribution in [3.05, 3.63) is 29.3 Å². The van der Waals surface area contributed by atoms with Gasteiger partial charge in [0.2, 0.25) is 0 Å². The molecule has 0 fully saturated rings. The second-order valence-corrected chi connectivity index (χ2v) is 4.47. The highest BCUT2D eigenvalue weighted by molar-refractivity contribution is 7.80. The summed E-state index contributed by atoms with van der Waals surface area (Å²) in [5.41, 5.74) is 1.87. The summed E-state index contributed by atoms with van der Waals surface area (Å²) in [5.74, 6) is -0.956. The summed E-state index contributed by atoms with van der Waals surface area (Å²) in [6, 6.07) is 4.89. The molecule has 0 heterocycles. The van der Waals surface area contributed by atoms with Gasteiger partial charge in [0.25, 0.3) is 0 Å². The number of nitrogens with one attached hydrogen (secondary N) is 2. The quantitative estimate of drug-likeness (QED) is 0.548. The first-order valence-corrected chi connectivity index (χ1v) is 6.33. The van der Waals surface area contributed by atoms with E-state index in [2.05, 4.69) is 10.6 Å². The Kier molecular flexibility index (Phi) is 6.24. The summed E-state index contributed by atoms with van der Waals surface area (Å²) in [7, 11) is 1.65. The molecule has 1 aromatic carbocycles. The van der Waals surface area contributed by atoms with Gasteiger partial charge in [-0.1, -0.05) is 6.07 Å². The fourth-order valence-corrected chi connectivity index (χ4v) is 1.69. The molecule has 0 unspecified atom stereocenters. The number of ether oxygens (including phenoxy) is 1. The monoisotopic (exact) mass is 282 g/mol. The summed E-state index contributed by atoms with van der Waals surface area (Å²) in [6.07, 6.45) is 0.854. The van der Waals surface area contributed by atoms with Crippen molar-refractivity contribution in [2.45, 2.75) is 13.3 Å². The van der Waals surface area contributed by atoms with Crippen molar-refractivity contribution >= 4 is 29.0 Å². The van der Waals surface area contributed by atoms with Gasteiger partial charge in [-0.25, -0.2) is 4.79 Å². The summed E-state index contributed by atoms with van der Waals surface area (Å²) in [4.78, 5) is 10.9. The Morgan fingerprint density at radius 3 is 2.84 bits per heavy atom. The van der Waals surface area contributed by atoms with Gasteiger partial charge in [-0.05, 0) is 43.3 Å². The Hall–Kier alpha value is -1.66. The van der Waals surface area contributed by atoms with Gasteiger partial charge >= 0.3 is 5.97 Å². The number of thiocarbonyl (C=S) groups is 1. The van der Waals surface area contributed by atoms with Crippen molar-refractivity contribution in [1.29, 1.82) is 0 Å². The molecule has 0 atom stereocenters. The second kappa shape index (κ2) is 7.70. The number of anilines is 1. The second-order valence-electron chi connectivity index (χ2n) is 4.06. The van der Waals surface area contributed by atoms with Crippen LogP contribution >= 0.6 is 12.2 Å². The van der Waals surface area contributed by atoms with Crippen LogP contribution in [0, 0.1) is 6.92 Å². The summed E-state index contributed by atoms with van der Waals surface area (Å²) < 4.78 is 4.93. The summed E-state index contributed by atoms with van der Waals surface area (Å²) >= 11 is 5.14. The number of aromatic carboxylic acids is 1. The zero-order valence-electron chi connectivity index (χ0n) is 11.0. The third kappa shape index (κ3) is 5.23. The molecule has 0 amide bonds. The van der Waals surface area contributed by atoms with Crippen LogP contribution < -0.4 is 10.6 Å². The largest absolute Gasteiger partial charge is 0.478 e. The van der Waals surface area contributed by atoms with E-state index in [1.54, 1.807) is 25.3 Å². The van der Waals surface area contributed by atoms with Crippen molar-refractivity contribution in [3.8, 4) is 0 Å². The highest BCUT2D eigenvalue weighted by Gasteiger charge is 2.07. The SMILES string of the molecule is COCCCNC(=S)Nc1cc(C(=O)O)ccc1C. The van der Waals surface area contributed by atoms with Crippen molar-refractivity contribution in [1.82, 2.24) is 5.32 Å². The van der Waals surface area contributed by atoms with E-state index in [0.29, 0.717) is 24.0 Å². The molecule has 0 spiro atoms. The van der Waals surface area contributed by atoms with E-state index >= 15 is 0 Å². The van der Waals surface area contributed by atoms with Crippen molar-refractivity contribution < 1.29 is 14.6 Å². The van der Waals surface area contributed by atoms with E-state index in [1.165, 1.54) is 0 Å². The molecule has 19 heavy (non-hydrogen) atoms. The van der Waals surface area contributed by atoms with Crippen molar-refractivity contribution in [3.63, 3.8) is 0 Å². The molecule has 6 heteroatoms. The fourth-order valence-electron chi connectivity index (χ4n) is 1.47. The number of carboxylic acids is 1. The first-order chi connectivity index (χ1) is 9.04. The molecular formula is C13H18N2O3S. The number of methoxy groups -OCH3 is 1. The van der Waals surface area contributed by atoms with Crippen LogP contribution in [0.5, 0.6) is 0 Å². The lowest BCUT2D eigenvalue weighted by Gasteiger charge is -2.13. The highest BCUT2D eigenvalue weighted by Crippen LogP contribution is 2.16. The molecule has 0 saturated heterocycles. The predicted octanol–water partition coefficient (Wildman–Crippen LogP) is 2.02. The standard InChI is InChI=1S/C13H18N2O3S/c1-9-4-5-10(12(16)17)8-11(9)15-13(19)14-6-3-7-18-2/h4-5,8H,3,6-7H2,1-2H3,(H,16,17)(H2,14,15,19). The molecule has 0 aromatic heterocycles. The molecule has 0 aliphatic carbocycles. The van der Waals surface area contributed by atoms with Gasteiger partial charge < -0.3 is 20.5 Å². The molecule has 0 aliphatic rings. The third-order valence-electron chi connectivity index (χ3n) is 2.54. The number of carbonyl (C=O) groups is 1. The molecule has 5 nitrogen and oxygen atoms in total. The number of hydrogen-bond donors (Lipinski definition) is 3. The molecular weight excluding hydrogens is 264 g/mol. The van der Waals surface area contributed by atoms with Crippen LogP contribution in [-0.4, -0.2) is 36.4 Å². The van der Waals surface area contributed by atoms with Crippen LogP contribution in [0.3, 0.4) is 0 Å². The number of hydrogen-bond acceptors (Lipinski definition) is 3. The summed E-state index contributed by atoms with van der Waals surface area (Å²) in [6.45, 7) is 3.27. The predicted molar refractivity (Wildman–Crippen MR) is 78.9 cm³/mol. The zero-order valence-corrected chi connectivity index (χ0v) is 11.8. The average molecular weight is 282 g/mol. The Labute approximate surface area is 118 Å². The smallest absolute Gasteiger partial charge is 0.335 e. The number of rotatable bonds is 6. The van der Waals surface area contributed by atoms with Gasteiger partial charge in [0.1, 0.15) is 0 Å². The van der Waals surface area contributed by atoms with Gasteiger partial charge in [0.05, 0.1) is 5.56 Å². The molecule has 1 rings (SSSR count). The first kappa shape index (κ1) is 15.4. The molecule has 1 aromatic rings. The van der Waals surface area contributed by atoms with E-state index in [4.69, 9.17) is 22.1 Å². The van der Waals surface area contributed by atoms with Crippen LogP contribution in [0.15, 0.2) is 18.2 Å². The number of aryl methyl sites for hydroxylation is 1. The minimum atomic E-state index is -0.956. The number of benzene rings is 1. The van der Waals surface area contributed by atoms with Gasteiger partial charge in [-0.3, -0.25) is 0 Å². The third-order valence-corrected chi connectivity index (χ3v) is 2.79. The number of carboxylic acid groups (broad SMARTS) is 1. The Bertz CT molecular complexity index is 463. The molecule has 0 aliphatic heterocycles. The average Bonchev–Trinajstić information content (AvgIpc) is 2.37. The molecule has 0 saturated carbocycles. The van der Waals surface area contributed by atoms with Gasteiger partial charge in [0, 0.05) is 25.9 Å². The first-order valence-electron chi connectivity index (χ1n) is 5.92. The molecule has 104 valence electrons. The van der Waals surface area contributed by atoms with Crippen LogP contribution in [0.1, 0.15) is 22.3 Å². The van der Waals surface area contributed by atoms with Crippen LogP contribution in [0.2, 0.25) is 0 Å². The zero-order chi connectivity index (χ0) is 14.3. The lowest BCUT2D eigenvalue weighted by atomic mass is 10.1. The summed E-state index contributed by atoms with van der Waals surface area (Å²) in [5, 5.41) is 15.5. The lowest BCUT2D eigenvalue weighted by Crippen LogP contribution is -2.30. The maximum absolute atomic E-state index is 10.9. The van der Waals surface area contributed by atoms with Crippen LogP contribution in [0.25, 0.3) is 0 Å².